The van der Waals surface area contributed by atoms with E-state index in [1.165, 1.54) is 11.0 Å². The summed E-state index contributed by atoms with van der Waals surface area (Å²) in [7, 11) is 0. The molecule has 19 heavy (non-hydrogen) atoms. The van der Waals surface area contributed by atoms with E-state index in [4.69, 9.17) is 5.11 Å². The van der Waals surface area contributed by atoms with Crippen molar-refractivity contribution in [2.75, 3.05) is 11.9 Å². The summed E-state index contributed by atoms with van der Waals surface area (Å²) in [6.45, 7) is 1.92. The van der Waals surface area contributed by atoms with Crippen LogP contribution in [0.1, 0.15) is 18.4 Å². The van der Waals surface area contributed by atoms with Gasteiger partial charge in [-0.25, -0.2) is 4.68 Å². The number of aryl methyl sites for hydroxylation is 1. The number of benzene rings is 1. The molecule has 0 aliphatic carbocycles. The minimum absolute atomic E-state index is 0.0110. The van der Waals surface area contributed by atoms with E-state index in [-0.39, 0.29) is 12.5 Å². The number of nitrogens with zero attached hydrogens (tertiary/aromatic N) is 4. The van der Waals surface area contributed by atoms with E-state index in [0.29, 0.717) is 12.8 Å². The van der Waals surface area contributed by atoms with E-state index in [1.54, 1.807) is 0 Å². The Morgan fingerprint density at radius 1 is 1.47 bits per heavy atom. The fourth-order valence-electron chi connectivity index (χ4n) is 1.62. The molecule has 100 valence electrons. The number of anilines is 1. The largest absolute Gasteiger partial charge is 0.396 e. The van der Waals surface area contributed by atoms with Crippen molar-refractivity contribution in [2.45, 2.75) is 19.8 Å². The number of carbonyl (C=O) groups excluding carboxylic acids is 1. The first kappa shape index (κ1) is 13.2. The molecule has 0 spiro atoms. The summed E-state index contributed by atoms with van der Waals surface area (Å²) in [5.41, 5.74) is 2.44. The highest BCUT2D eigenvalue weighted by atomic mass is 16.3. The van der Waals surface area contributed by atoms with Crippen LogP contribution < -0.4 is 5.32 Å². The Morgan fingerprint density at radius 2 is 2.32 bits per heavy atom. The van der Waals surface area contributed by atoms with Gasteiger partial charge in [0, 0.05) is 18.7 Å². The molecule has 0 unspecified atom stereocenters. The van der Waals surface area contributed by atoms with Crippen LogP contribution >= 0.6 is 0 Å². The number of tetrazole rings is 1. The Labute approximate surface area is 110 Å². The van der Waals surface area contributed by atoms with E-state index in [9.17, 15) is 4.79 Å². The first-order chi connectivity index (χ1) is 9.20. The van der Waals surface area contributed by atoms with Crippen LogP contribution in [0.4, 0.5) is 5.69 Å². The van der Waals surface area contributed by atoms with E-state index >= 15 is 0 Å². The predicted octanol–water partition coefficient (Wildman–Crippen LogP) is 0.682. The van der Waals surface area contributed by atoms with Gasteiger partial charge in [-0.2, -0.15) is 0 Å². The van der Waals surface area contributed by atoms with Crippen molar-refractivity contribution in [3.05, 3.63) is 30.1 Å². The van der Waals surface area contributed by atoms with Gasteiger partial charge in [0.1, 0.15) is 6.33 Å². The topological polar surface area (TPSA) is 92.9 Å². The van der Waals surface area contributed by atoms with Crippen molar-refractivity contribution in [1.82, 2.24) is 20.2 Å². The first-order valence-electron chi connectivity index (χ1n) is 5.95. The van der Waals surface area contributed by atoms with E-state index in [1.807, 2.05) is 25.1 Å². The molecule has 1 aromatic carbocycles. The Balaban J connectivity index is 2.16. The van der Waals surface area contributed by atoms with Crippen LogP contribution in [0.3, 0.4) is 0 Å². The van der Waals surface area contributed by atoms with Crippen LogP contribution in [0.2, 0.25) is 0 Å². The zero-order valence-corrected chi connectivity index (χ0v) is 10.6. The molecule has 0 aliphatic rings. The lowest BCUT2D eigenvalue weighted by Gasteiger charge is -2.10. The molecule has 1 heterocycles. The Hall–Kier alpha value is -2.28. The average molecular weight is 261 g/mol. The minimum Gasteiger partial charge on any atom is -0.396 e. The van der Waals surface area contributed by atoms with Gasteiger partial charge in [-0.3, -0.25) is 4.79 Å². The van der Waals surface area contributed by atoms with E-state index in [0.717, 1.165) is 16.9 Å². The predicted molar refractivity (Wildman–Crippen MR) is 68.8 cm³/mol. The van der Waals surface area contributed by atoms with Crippen LogP contribution in [0.15, 0.2) is 24.5 Å². The number of aliphatic hydroxyl groups is 1. The van der Waals surface area contributed by atoms with Crippen LogP contribution in [0, 0.1) is 6.92 Å². The molecule has 0 fully saturated rings. The summed E-state index contributed by atoms with van der Waals surface area (Å²) in [6.07, 6.45) is 2.24. The van der Waals surface area contributed by atoms with Gasteiger partial charge >= 0.3 is 0 Å². The summed E-state index contributed by atoms with van der Waals surface area (Å²) in [5.74, 6) is -0.119. The molecule has 1 amide bonds. The number of aromatic nitrogens is 4. The molecule has 0 atom stereocenters. The number of nitrogens with one attached hydrogen (secondary N) is 1. The number of hydrogen-bond donors (Lipinski definition) is 2. The fraction of sp³-hybridized carbons (Fsp3) is 0.333. The fourth-order valence-corrected chi connectivity index (χ4v) is 1.62. The lowest BCUT2D eigenvalue weighted by molar-refractivity contribution is -0.116. The third-order valence-corrected chi connectivity index (χ3v) is 2.67. The zero-order valence-electron chi connectivity index (χ0n) is 10.6. The Bertz CT molecular complexity index is 553. The second-order valence-electron chi connectivity index (χ2n) is 4.13. The van der Waals surface area contributed by atoms with Crippen LogP contribution in [-0.2, 0) is 4.79 Å². The van der Waals surface area contributed by atoms with Crippen molar-refractivity contribution in [3.8, 4) is 5.69 Å². The highest BCUT2D eigenvalue weighted by molar-refractivity contribution is 5.91. The van der Waals surface area contributed by atoms with E-state index in [2.05, 4.69) is 20.8 Å². The molecule has 7 nitrogen and oxygen atoms in total. The third kappa shape index (κ3) is 3.35. The lowest BCUT2D eigenvalue weighted by Crippen LogP contribution is -2.13. The number of hydrogen-bond acceptors (Lipinski definition) is 5. The smallest absolute Gasteiger partial charge is 0.224 e. The molecule has 1 aromatic heterocycles. The van der Waals surface area contributed by atoms with Gasteiger partial charge in [0.15, 0.2) is 0 Å². The summed E-state index contributed by atoms with van der Waals surface area (Å²) >= 11 is 0. The van der Waals surface area contributed by atoms with Crippen LogP contribution in [0.5, 0.6) is 0 Å². The van der Waals surface area contributed by atoms with Gasteiger partial charge in [-0.05, 0) is 41.5 Å². The minimum atomic E-state index is -0.119. The summed E-state index contributed by atoms with van der Waals surface area (Å²) in [5, 5.41) is 22.4. The third-order valence-electron chi connectivity index (χ3n) is 2.67. The summed E-state index contributed by atoms with van der Waals surface area (Å²) in [6, 6.07) is 5.57. The molecule has 0 saturated heterocycles. The summed E-state index contributed by atoms with van der Waals surface area (Å²) in [4.78, 5) is 11.7. The zero-order chi connectivity index (χ0) is 13.7. The molecular weight excluding hydrogens is 246 g/mol. The van der Waals surface area contributed by atoms with Crippen LogP contribution in [0.25, 0.3) is 5.69 Å². The molecule has 2 N–H and O–H groups in total. The van der Waals surface area contributed by atoms with Gasteiger partial charge in [-0.1, -0.05) is 6.07 Å². The Kier molecular flexibility index (Phi) is 4.19. The monoisotopic (exact) mass is 261 g/mol. The molecule has 2 aromatic rings. The standard InChI is InChI=1S/C12H15N5O2/c1-9-4-5-10(17-8-13-15-16-17)7-11(9)14-12(19)3-2-6-18/h4-5,7-8,18H,2-3,6H2,1H3,(H,14,19). The van der Waals surface area contributed by atoms with Crippen molar-refractivity contribution >= 4 is 11.6 Å². The molecule has 7 heteroatoms. The number of rotatable bonds is 5. The van der Waals surface area contributed by atoms with Crippen molar-refractivity contribution in [2.24, 2.45) is 0 Å². The number of aliphatic hydroxyl groups excluding tert-OH is 1. The maximum atomic E-state index is 11.7. The SMILES string of the molecule is Cc1ccc(-n2cnnn2)cc1NC(=O)CCCO. The highest BCUT2D eigenvalue weighted by Crippen LogP contribution is 2.19. The molecular formula is C12H15N5O2. The van der Waals surface area contributed by atoms with Gasteiger partial charge in [-0.15, -0.1) is 5.10 Å². The second-order valence-corrected chi connectivity index (χ2v) is 4.13. The van der Waals surface area contributed by atoms with Gasteiger partial charge in [0.05, 0.1) is 5.69 Å². The average Bonchev–Trinajstić information content (AvgIpc) is 2.93. The van der Waals surface area contributed by atoms with Crippen molar-refractivity contribution < 1.29 is 9.90 Å². The van der Waals surface area contributed by atoms with Gasteiger partial charge < -0.3 is 10.4 Å². The number of amides is 1. The second kappa shape index (κ2) is 6.05. The summed E-state index contributed by atoms with van der Waals surface area (Å²) < 4.78 is 1.52. The van der Waals surface area contributed by atoms with Crippen molar-refractivity contribution in [1.29, 1.82) is 0 Å². The van der Waals surface area contributed by atoms with Crippen molar-refractivity contribution in [3.63, 3.8) is 0 Å². The lowest BCUT2D eigenvalue weighted by atomic mass is 10.1. The first-order valence-corrected chi connectivity index (χ1v) is 5.95. The molecule has 0 bridgehead atoms. The van der Waals surface area contributed by atoms with E-state index < -0.39 is 0 Å². The molecule has 0 radical (unpaired) electrons. The molecule has 0 saturated carbocycles. The van der Waals surface area contributed by atoms with Gasteiger partial charge in [0.25, 0.3) is 0 Å². The maximum absolute atomic E-state index is 11.7. The van der Waals surface area contributed by atoms with Gasteiger partial charge in [0.2, 0.25) is 5.91 Å². The Morgan fingerprint density at radius 3 is 3.00 bits per heavy atom. The van der Waals surface area contributed by atoms with Crippen LogP contribution in [-0.4, -0.2) is 37.8 Å². The highest BCUT2D eigenvalue weighted by Gasteiger charge is 2.07. The molecule has 0 aliphatic heterocycles. The quantitative estimate of drug-likeness (QED) is 0.825. The molecule has 2 rings (SSSR count). The number of carbonyl (C=O) groups is 1. The maximum Gasteiger partial charge on any atom is 0.224 e. The normalized spacial score (nSPS) is 10.4.